The van der Waals surface area contributed by atoms with Crippen LogP contribution in [0.1, 0.15) is 0 Å². The Morgan fingerprint density at radius 2 is 2.07 bits per heavy atom. The molecule has 14 heavy (non-hydrogen) atoms. The summed E-state index contributed by atoms with van der Waals surface area (Å²) in [5, 5.41) is 4.83. The van der Waals surface area contributed by atoms with E-state index in [-0.39, 0.29) is 0 Å². The number of hydrogen-bond acceptors (Lipinski definition) is 3. The van der Waals surface area contributed by atoms with Crippen LogP contribution in [0.15, 0.2) is 40.7 Å². The van der Waals surface area contributed by atoms with Gasteiger partial charge in [-0.1, -0.05) is 29.9 Å². The predicted molar refractivity (Wildman–Crippen MR) is 64.1 cm³/mol. The lowest BCUT2D eigenvalue weighted by molar-refractivity contribution is 1.26. The molecule has 0 amide bonds. The number of nitrogens with one attached hydrogen (secondary N) is 1. The Kier molecular flexibility index (Phi) is 2.79. The number of nitrogens with zero attached hydrogens (tertiary/aromatic N) is 1. The van der Waals surface area contributed by atoms with Crippen LogP contribution >= 0.6 is 23.4 Å². The molecule has 4 heteroatoms. The van der Waals surface area contributed by atoms with Crippen molar-refractivity contribution in [3.8, 4) is 0 Å². The van der Waals surface area contributed by atoms with Gasteiger partial charge in [0.05, 0.1) is 6.54 Å². The number of amidine groups is 1. The zero-order valence-electron chi connectivity index (χ0n) is 7.46. The van der Waals surface area contributed by atoms with Crippen molar-refractivity contribution in [3.05, 3.63) is 40.8 Å². The highest BCUT2D eigenvalue weighted by atomic mass is 35.5. The molecular formula is C10H9ClN2S. The summed E-state index contributed by atoms with van der Waals surface area (Å²) in [6.07, 6.45) is 0. The first kappa shape index (κ1) is 9.62. The van der Waals surface area contributed by atoms with Crippen LogP contribution in [-0.2, 0) is 0 Å². The van der Waals surface area contributed by atoms with Gasteiger partial charge in [0.25, 0.3) is 0 Å². The Morgan fingerprint density at radius 3 is 2.64 bits per heavy atom. The quantitative estimate of drug-likeness (QED) is 0.791. The lowest BCUT2D eigenvalue weighted by atomic mass is 10.3. The van der Waals surface area contributed by atoms with E-state index in [1.165, 1.54) is 0 Å². The molecule has 1 aromatic carbocycles. The summed E-state index contributed by atoms with van der Waals surface area (Å²) in [6, 6.07) is 7.54. The van der Waals surface area contributed by atoms with Crippen molar-refractivity contribution >= 4 is 34.2 Å². The zero-order chi connectivity index (χ0) is 9.97. The van der Waals surface area contributed by atoms with E-state index < -0.39 is 0 Å². The highest BCUT2D eigenvalue weighted by Gasteiger charge is 2.10. The molecule has 2 rings (SSSR count). The van der Waals surface area contributed by atoms with E-state index in [9.17, 15) is 0 Å². The van der Waals surface area contributed by atoms with Gasteiger partial charge in [-0.25, -0.2) is 0 Å². The van der Waals surface area contributed by atoms with Crippen LogP contribution in [0.25, 0.3) is 0 Å². The van der Waals surface area contributed by atoms with Crippen molar-refractivity contribution in [3.63, 3.8) is 0 Å². The third kappa shape index (κ3) is 2.30. The van der Waals surface area contributed by atoms with E-state index in [1.54, 1.807) is 11.8 Å². The molecule has 0 saturated carbocycles. The number of rotatable bonds is 1. The second-order valence-electron chi connectivity index (χ2n) is 2.89. The Labute approximate surface area is 92.1 Å². The number of benzene rings is 1. The van der Waals surface area contributed by atoms with E-state index in [2.05, 4.69) is 16.9 Å². The summed E-state index contributed by atoms with van der Waals surface area (Å²) in [5.41, 5.74) is 0.996. The molecular weight excluding hydrogens is 216 g/mol. The Bertz CT molecular complexity index is 384. The number of halogens is 1. The monoisotopic (exact) mass is 224 g/mol. The summed E-state index contributed by atoms with van der Waals surface area (Å²) >= 11 is 7.35. The summed E-state index contributed by atoms with van der Waals surface area (Å²) in [5.74, 6) is 0. The highest BCUT2D eigenvalue weighted by molar-refractivity contribution is 8.17. The SMILES string of the molecule is C=C1CN=C(Nc2ccc(Cl)cc2)S1. The predicted octanol–water partition coefficient (Wildman–Crippen LogP) is 3.37. The summed E-state index contributed by atoms with van der Waals surface area (Å²) in [4.78, 5) is 5.34. The number of anilines is 1. The van der Waals surface area contributed by atoms with Crippen molar-refractivity contribution in [1.82, 2.24) is 0 Å². The smallest absolute Gasteiger partial charge is 0.166 e. The van der Waals surface area contributed by atoms with Gasteiger partial charge in [-0.2, -0.15) is 0 Å². The van der Waals surface area contributed by atoms with Gasteiger partial charge in [0.2, 0.25) is 0 Å². The van der Waals surface area contributed by atoms with Gasteiger partial charge >= 0.3 is 0 Å². The fourth-order valence-electron chi connectivity index (χ4n) is 1.08. The van der Waals surface area contributed by atoms with E-state index in [4.69, 9.17) is 11.6 Å². The molecule has 0 fully saturated rings. The van der Waals surface area contributed by atoms with Gasteiger partial charge in [0.1, 0.15) is 0 Å². The lowest BCUT2D eigenvalue weighted by Crippen LogP contribution is -2.03. The van der Waals surface area contributed by atoms with E-state index in [0.717, 1.165) is 20.8 Å². The minimum absolute atomic E-state index is 0.709. The summed E-state index contributed by atoms with van der Waals surface area (Å²) in [6.45, 7) is 4.56. The van der Waals surface area contributed by atoms with Crippen molar-refractivity contribution < 1.29 is 0 Å². The van der Waals surface area contributed by atoms with Crippen molar-refractivity contribution in [2.75, 3.05) is 11.9 Å². The van der Waals surface area contributed by atoms with E-state index in [1.807, 2.05) is 24.3 Å². The van der Waals surface area contributed by atoms with Gasteiger partial charge in [0.15, 0.2) is 5.17 Å². The average molecular weight is 225 g/mol. The average Bonchev–Trinajstić information content (AvgIpc) is 2.56. The van der Waals surface area contributed by atoms with Gasteiger partial charge < -0.3 is 5.32 Å². The molecule has 0 bridgehead atoms. The highest BCUT2D eigenvalue weighted by Crippen LogP contribution is 2.24. The Hall–Kier alpha value is -0.930. The first-order chi connectivity index (χ1) is 6.74. The van der Waals surface area contributed by atoms with Gasteiger partial charge in [-0.05, 0) is 24.3 Å². The molecule has 1 aliphatic rings. The van der Waals surface area contributed by atoms with Crippen LogP contribution in [0.4, 0.5) is 5.69 Å². The van der Waals surface area contributed by atoms with Gasteiger partial charge in [-0.3, -0.25) is 4.99 Å². The second-order valence-corrected chi connectivity index (χ2v) is 4.50. The minimum Gasteiger partial charge on any atom is -0.335 e. The topological polar surface area (TPSA) is 24.4 Å². The Morgan fingerprint density at radius 1 is 1.36 bits per heavy atom. The molecule has 0 radical (unpaired) electrons. The molecule has 1 aromatic rings. The molecule has 0 aliphatic carbocycles. The van der Waals surface area contributed by atoms with Gasteiger partial charge in [0, 0.05) is 15.6 Å². The van der Waals surface area contributed by atoms with Crippen LogP contribution in [0.5, 0.6) is 0 Å². The molecule has 2 nitrogen and oxygen atoms in total. The normalized spacial score (nSPS) is 15.5. The van der Waals surface area contributed by atoms with E-state index >= 15 is 0 Å². The third-order valence-electron chi connectivity index (χ3n) is 1.74. The first-order valence-electron chi connectivity index (χ1n) is 4.17. The summed E-state index contributed by atoms with van der Waals surface area (Å²) < 4.78 is 0. The molecule has 72 valence electrons. The van der Waals surface area contributed by atoms with Gasteiger partial charge in [-0.15, -0.1) is 0 Å². The molecule has 0 spiro atoms. The zero-order valence-corrected chi connectivity index (χ0v) is 9.03. The van der Waals surface area contributed by atoms with Crippen molar-refractivity contribution in [2.24, 2.45) is 4.99 Å². The number of aliphatic imine (C=N–C) groups is 1. The van der Waals surface area contributed by atoms with Crippen LogP contribution in [0.3, 0.4) is 0 Å². The summed E-state index contributed by atoms with van der Waals surface area (Å²) in [7, 11) is 0. The molecule has 1 heterocycles. The molecule has 0 saturated heterocycles. The second kappa shape index (κ2) is 4.07. The van der Waals surface area contributed by atoms with E-state index in [0.29, 0.717) is 6.54 Å². The molecule has 0 atom stereocenters. The fourth-order valence-corrected chi connectivity index (χ4v) is 1.91. The molecule has 1 aliphatic heterocycles. The maximum Gasteiger partial charge on any atom is 0.166 e. The van der Waals surface area contributed by atoms with Crippen LogP contribution in [-0.4, -0.2) is 11.7 Å². The fraction of sp³-hybridized carbons (Fsp3) is 0.100. The van der Waals surface area contributed by atoms with Crippen LogP contribution in [0.2, 0.25) is 5.02 Å². The first-order valence-corrected chi connectivity index (χ1v) is 5.36. The maximum atomic E-state index is 5.77. The third-order valence-corrected chi connectivity index (χ3v) is 2.83. The lowest BCUT2D eigenvalue weighted by Gasteiger charge is -2.04. The number of hydrogen-bond donors (Lipinski definition) is 1. The van der Waals surface area contributed by atoms with Crippen LogP contribution < -0.4 is 5.32 Å². The molecule has 1 N–H and O–H groups in total. The number of thioether (sulfide) groups is 1. The van der Waals surface area contributed by atoms with Crippen LogP contribution in [0, 0.1) is 0 Å². The minimum atomic E-state index is 0.709. The Balaban J connectivity index is 2.04. The standard InChI is InChI=1S/C10H9ClN2S/c1-7-6-12-10(14-7)13-9-4-2-8(11)3-5-9/h2-5H,1,6H2,(H,12,13). The van der Waals surface area contributed by atoms with Crippen molar-refractivity contribution in [2.45, 2.75) is 0 Å². The largest absolute Gasteiger partial charge is 0.335 e. The molecule has 0 unspecified atom stereocenters. The van der Waals surface area contributed by atoms with Crippen molar-refractivity contribution in [1.29, 1.82) is 0 Å². The molecule has 0 aromatic heterocycles. The maximum absolute atomic E-state index is 5.77.